The molecule has 186 valence electrons. The van der Waals surface area contributed by atoms with E-state index in [9.17, 15) is 18.8 Å². The van der Waals surface area contributed by atoms with Gasteiger partial charge in [-0.25, -0.2) is 9.18 Å². The summed E-state index contributed by atoms with van der Waals surface area (Å²) < 4.78 is 20.1. The van der Waals surface area contributed by atoms with Crippen molar-refractivity contribution in [1.29, 1.82) is 0 Å². The minimum absolute atomic E-state index is 0.0588. The number of halogens is 1. The second-order valence-electron chi connectivity index (χ2n) is 8.51. The summed E-state index contributed by atoms with van der Waals surface area (Å²) in [5, 5.41) is 2.78. The number of aromatic nitrogens is 1. The van der Waals surface area contributed by atoms with E-state index in [1.807, 2.05) is 0 Å². The van der Waals surface area contributed by atoms with Gasteiger partial charge in [0, 0.05) is 24.5 Å². The highest BCUT2D eigenvalue weighted by molar-refractivity contribution is 5.92. The topological polar surface area (TPSA) is 141 Å². The number of hydrogen-bond donors (Lipinski definition) is 3. The summed E-state index contributed by atoms with van der Waals surface area (Å²) in [5.74, 6) is -1.15. The fourth-order valence-electron chi connectivity index (χ4n) is 3.86. The SMILES string of the molecule is CC(=O)[C@@H](N)C1CN(c2ccc(-c3ccc(CNC(=O)C(N)c4cccnc4)cc3)c(F)c2)C(=O)O1. The molecule has 0 spiro atoms. The van der Waals surface area contributed by atoms with E-state index in [4.69, 9.17) is 16.2 Å². The molecule has 2 aromatic carbocycles. The Balaban J connectivity index is 1.40. The first-order chi connectivity index (χ1) is 17.2. The number of carbonyl (C=O) groups is 3. The summed E-state index contributed by atoms with van der Waals surface area (Å²) >= 11 is 0. The van der Waals surface area contributed by atoms with Crippen molar-refractivity contribution in [2.45, 2.75) is 31.7 Å². The van der Waals surface area contributed by atoms with Crippen molar-refractivity contribution in [2.24, 2.45) is 11.5 Å². The third-order valence-electron chi connectivity index (χ3n) is 6.03. The summed E-state index contributed by atoms with van der Waals surface area (Å²) in [6.07, 6.45) is 1.68. The lowest BCUT2D eigenvalue weighted by Crippen LogP contribution is -2.43. The molecule has 0 aliphatic carbocycles. The molecule has 1 aromatic heterocycles. The molecule has 1 saturated heterocycles. The van der Waals surface area contributed by atoms with E-state index in [0.717, 1.165) is 5.56 Å². The zero-order chi connectivity index (χ0) is 25.8. The summed E-state index contributed by atoms with van der Waals surface area (Å²) in [6.45, 7) is 1.64. The molecule has 9 nitrogen and oxygen atoms in total. The van der Waals surface area contributed by atoms with Gasteiger partial charge in [0.25, 0.3) is 0 Å². The highest BCUT2D eigenvalue weighted by atomic mass is 19.1. The second-order valence-corrected chi connectivity index (χ2v) is 8.51. The van der Waals surface area contributed by atoms with E-state index in [0.29, 0.717) is 22.4 Å². The van der Waals surface area contributed by atoms with Crippen molar-refractivity contribution < 1.29 is 23.5 Å². The van der Waals surface area contributed by atoms with Crippen LogP contribution in [-0.2, 0) is 20.9 Å². The zero-order valence-corrected chi connectivity index (χ0v) is 19.6. The number of ketones is 1. The Morgan fingerprint density at radius 3 is 2.58 bits per heavy atom. The first kappa shape index (κ1) is 25.0. The normalized spacial score (nSPS) is 16.8. The summed E-state index contributed by atoms with van der Waals surface area (Å²) in [6, 6.07) is 13.2. The minimum atomic E-state index is -0.933. The predicted octanol–water partition coefficient (Wildman–Crippen LogP) is 2.45. The lowest BCUT2D eigenvalue weighted by atomic mass is 10.0. The molecule has 1 aliphatic rings. The highest BCUT2D eigenvalue weighted by Gasteiger charge is 2.37. The highest BCUT2D eigenvalue weighted by Crippen LogP contribution is 2.29. The number of benzene rings is 2. The number of ether oxygens (including phenoxy) is 1. The quantitative estimate of drug-likeness (QED) is 0.440. The molecule has 0 radical (unpaired) electrons. The molecule has 2 amide bonds. The van der Waals surface area contributed by atoms with Crippen LogP contribution in [0.4, 0.5) is 14.9 Å². The van der Waals surface area contributed by atoms with Crippen LogP contribution in [-0.4, -0.2) is 41.5 Å². The van der Waals surface area contributed by atoms with E-state index >= 15 is 0 Å². The molecule has 2 heterocycles. The van der Waals surface area contributed by atoms with E-state index in [-0.39, 0.29) is 24.8 Å². The van der Waals surface area contributed by atoms with Gasteiger partial charge in [0.15, 0.2) is 0 Å². The molecule has 1 fully saturated rings. The standard InChI is InChI=1S/C26H26FN5O4/c1-15(33)23(28)22-14-32(26(35)36-22)19-8-9-20(21(27)11-19)17-6-4-16(5-7-17)12-31-25(34)24(29)18-3-2-10-30-13-18/h2-11,13,22-24H,12,14,28-29H2,1H3,(H,31,34)/t22?,23-,24?/m1/s1. The number of amides is 2. The lowest BCUT2D eigenvalue weighted by Gasteiger charge is -2.16. The maximum atomic E-state index is 15.0. The summed E-state index contributed by atoms with van der Waals surface area (Å²) in [5.41, 5.74) is 14.5. The van der Waals surface area contributed by atoms with Crippen molar-refractivity contribution in [3.8, 4) is 11.1 Å². The molecule has 0 bridgehead atoms. The number of cyclic esters (lactones) is 1. The Kier molecular flexibility index (Phi) is 7.37. The summed E-state index contributed by atoms with van der Waals surface area (Å²) in [7, 11) is 0. The van der Waals surface area contributed by atoms with Crippen molar-refractivity contribution >= 4 is 23.5 Å². The Morgan fingerprint density at radius 2 is 1.94 bits per heavy atom. The van der Waals surface area contributed by atoms with Crippen molar-refractivity contribution in [3.63, 3.8) is 0 Å². The number of pyridine rings is 1. The second kappa shape index (κ2) is 10.6. The van der Waals surface area contributed by atoms with Crippen LogP contribution in [0.3, 0.4) is 0 Å². The van der Waals surface area contributed by atoms with Gasteiger partial charge in [0.2, 0.25) is 5.91 Å². The largest absolute Gasteiger partial charge is 0.442 e. The van der Waals surface area contributed by atoms with Crippen molar-refractivity contribution in [2.75, 3.05) is 11.4 Å². The van der Waals surface area contributed by atoms with Crippen LogP contribution >= 0.6 is 0 Å². The monoisotopic (exact) mass is 491 g/mol. The van der Waals surface area contributed by atoms with E-state index in [1.165, 1.54) is 17.9 Å². The van der Waals surface area contributed by atoms with E-state index in [1.54, 1.807) is 60.9 Å². The van der Waals surface area contributed by atoms with Crippen LogP contribution in [0.1, 0.15) is 24.1 Å². The van der Waals surface area contributed by atoms with Crippen molar-refractivity contribution in [3.05, 3.63) is 83.9 Å². The third-order valence-corrected chi connectivity index (χ3v) is 6.03. The third kappa shape index (κ3) is 5.40. The molecule has 0 saturated carbocycles. The molecule has 3 atom stereocenters. The van der Waals surface area contributed by atoms with Crippen LogP contribution < -0.4 is 21.7 Å². The van der Waals surface area contributed by atoms with E-state index in [2.05, 4.69) is 10.3 Å². The molecule has 5 N–H and O–H groups in total. The van der Waals surface area contributed by atoms with Gasteiger partial charge in [-0.2, -0.15) is 0 Å². The van der Waals surface area contributed by atoms with Gasteiger partial charge in [-0.3, -0.25) is 19.5 Å². The fraction of sp³-hybridized carbons (Fsp3) is 0.231. The van der Waals surface area contributed by atoms with Gasteiger partial charge >= 0.3 is 6.09 Å². The number of nitrogens with one attached hydrogen (secondary N) is 1. The van der Waals surface area contributed by atoms with Gasteiger partial charge in [-0.05, 0) is 47.9 Å². The average Bonchev–Trinajstić information content (AvgIpc) is 3.28. The predicted molar refractivity (Wildman–Crippen MR) is 131 cm³/mol. The maximum Gasteiger partial charge on any atom is 0.414 e. The zero-order valence-electron chi connectivity index (χ0n) is 19.6. The molecule has 10 heteroatoms. The number of Topliss-reactive ketones (excluding diaryl/α,β-unsaturated/α-hetero) is 1. The molecule has 3 aromatic rings. The number of carbonyl (C=O) groups excluding carboxylic acids is 3. The lowest BCUT2D eigenvalue weighted by molar-refractivity contribution is -0.122. The van der Waals surface area contributed by atoms with Gasteiger partial charge in [0.05, 0.1) is 12.2 Å². The van der Waals surface area contributed by atoms with Crippen LogP contribution in [0.5, 0.6) is 0 Å². The van der Waals surface area contributed by atoms with Crippen LogP contribution in [0, 0.1) is 5.82 Å². The number of nitrogens with zero attached hydrogens (tertiary/aromatic N) is 2. The molecule has 4 rings (SSSR count). The van der Waals surface area contributed by atoms with E-state index < -0.39 is 30.1 Å². The Hall–Kier alpha value is -4.15. The van der Waals surface area contributed by atoms with Gasteiger partial charge < -0.3 is 21.5 Å². The number of hydrogen-bond acceptors (Lipinski definition) is 7. The Bertz CT molecular complexity index is 1270. The molecule has 36 heavy (non-hydrogen) atoms. The molecule has 2 unspecified atom stereocenters. The molecule has 1 aliphatic heterocycles. The van der Waals surface area contributed by atoms with Crippen molar-refractivity contribution in [1.82, 2.24) is 10.3 Å². The smallest absolute Gasteiger partial charge is 0.414 e. The maximum absolute atomic E-state index is 15.0. The van der Waals surface area contributed by atoms with Crippen LogP contribution in [0.15, 0.2) is 67.0 Å². The van der Waals surface area contributed by atoms with Crippen LogP contribution in [0.2, 0.25) is 0 Å². The number of rotatable bonds is 8. The first-order valence-corrected chi connectivity index (χ1v) is 11.3. The first-order valence-electron chi connectivity index (χ1n) is 11.3. The number of nitrogens with two attached hydrogens (primary N) is 2. The Labute approximate surface area is 207 Å². The van der Waals surface area contributed by atoms with Gasteiger partial charge in [-0.1, -0.05) is 30.3 Å². The van der Waals surface area contributed by atoms with Crippen LogP contribution in [0.25, 0.3) is 11.1 Å². The minimum Gasteiger partial charge on any atom is -0.442 e. The fourth-order valence-corrected chi connectivity index (χ4v) is 3.86. The average molecular weight is 492 g/mol. The molecular weight excluding hydrogens is 465 g/mol. The molecular formula is C26H26FN5O4. The Morgan fingerprint density at radius 1 is 1.19 bits per heavy atom. The summed E-state index contributed by atoms with van der Waals surface area (Å²) in [4.78, 5) is 41.3. The van der Waals surface area contributed by atoms with Gasteiger partial charge in [-0.15, -0.1) is 0 Å². The van der Waals surface area contributed by atoms with Gasteiger partial charge in [0.1, 0.15) is 29.8 Å². The number of anilines is 1.